The van der Waals surface area contributed by atoms with Gasteiger partial charge in [0.2, 0.25) is 5.91 Å². The number of alkyl halides is 3. The Bertz CT molecular complexity index is 1100. The topological polar surface area (TPSA) is 94.9 Å². The van der Waals surface area contributed by atoms with Crippen molar-refractivity contribution < 1.29 is 32.2 Å². The molecule has 0 aromatic heterocycles. The van der Waals surface area contributed by atoms with Gasteiger partial charge in [0.25, 0.3) is 5.91 Å². The molecule has 186 valence electrons. The first-order valence-electron chi connectivity index (χ1n) is 10.8. The van der Waals surface area contributed by atoms with E-state index in [9.17, 15) is 22.8 Å². The van der Waals surface area contributed by atoms with Crippen LogP contribution in [0.1, 0.15) is 21.5 Å². The van der Waals surface area contributed by atoms with Crippen LogP contribution in [0.15, 0.2) is 42.5 Å². The van der Waals surface area contributed by atoms with Gasteiger partial charge in [-0.1, -0.05) is 0 Å². The van der Waals surface area contributed by atoms with Crippen LogP contribution in [0, 0.1) is 11.3 Å². The maximum atomic E-state index is 13.5. The maximum Gasteiger partial charge on any atom is 0.417 e. The summed E-state index contributed by atoms with van der Waals surface area (Å²) in [5, 5.41) is 11.8. The van der Waals surface area contributed by atoms with Gasteiger partial charge in [-0.15, -0.1) is 0 Å². The van der Waals surface area contributed by atoms with E-state index < -0.39 is 29.3 Å². The molecule has 0 radical (unpaired) electrons. The molecule has 2 amide bonds. The molecule has 35 heavy (non-hydrogen) atoms. The second kappa shape index (κ2) is 11.1. The minimum atomic E-state index is -4.70. The number of nitrogens with zero attached hydrogens (tertiary/aromatic N) is 3. The Morgan fingerprint density at radius 2 is 1.86 bits per heavy atom. The second-order valence-electron chi connectivity index (χ2n) is 7.81. The molecule has 1 aliphatic heterocycles. The van der Waals surface area contributed by atoms with E-state index in [0.717, 1.165) is 12.1 Å². The standard InChI is InChI=1S/C24H25F3N4O4/c1-34-12-9-29-22(32)21-15-30(18-6-3-17(14-28)20(13-18)24(25,26)27)10-11-31(21)23(33)16-4-7-19(35-2)8-5-16/h3-8,13,21H,9-12,15H2,1-2H3,(H,29,32). The average Bonchev–Trinajstić information content (AvgIpc) is 2.87. The number of hydrogen-bond donors (Lipinski definition) is 1. The summed E-state index contributed by atoms with van der Waals surface area (Å²) in [6.45, 7) is 0.760. The lowest BCUT2D eigenvalue weighted by Crippen LogP contribution is -2.61. The maximum absolute atomic E-state index is 13.5. The fourth-order valence-electron chi connectivity index (χ4n) is 3.84. The van der Waals surface area contributed by atoms with E-state index in [1.165, 1.54) is 25.2 Å². The second-order valence-corrected chi connectivity index (χ2v) is 7.81. The van der Waals surface area contributed by atoms with Crippen LogP contribution >= 0.6 is 0 Å². The van der Waals surface area contributed by atoms with Crippen LogP contribution in [0.2, 0.25) is 0 Å². The minimum absolute atomic E-state index is 0.0239. The summed E-state index contributed by atoms with van der Waals surface area (Å²) in [7, 11) is 2.99. The number of piperazine rings is 1. The highest BCUT2D eigenvalue weighted by Gasteiger charge is 2.38. The van der Waals surface area contributed by atoms with Crippen LogP contribution in [0.25, 0.3) is 0 Å². The molecular weight excluding hydrogens is 465 g/mol. The number of amides is 2. The molecule has 1 heterocycles. The van der Waals surface area contributed by atoms with E-state index >= 15 is 0 Å². The lowest BCUT2D eigenvalue weighted by molar-refractivity contribution is -0.137. The number of ether oxygens (including phenoxy) is 2. The Hall–Kier alpha value is -3.78. The van der Waals surface area contributed by atoms with Gasteiger partial charge in [0.05, 0.1) is 30.9 Å². The molecule has 0 aliphatic carbocycles. The normalized spacial score (nSPS) is 15.9. The molecule has 1 atom stereocenters. The number of nitrogens with one attached hydrogen (secondary N) is 1. The van der Waals surface area contributed by atoms with Crippen LogP contribution < -0.4 is 15.0 Å². The Morgan fingerprint density at radius 3 is 2.46 bits per heavy atom. The molecule has 3 rings (SSSR count). The van der Waals surface area contributed by atoms with E-state index in [1.807, 2.05) is 0 Å². The van der Waals surface area contributed by atoms with Crippen molar-refractivity contribution in [3.05, 3.63) is 59.2 Å². The summed E-state index contributed by atoms with van der Waals surface area (Å²) in [4.78, 5) is 29.2. The number of rotatable bonds is 7. The Labute approximate surface area is 200 Å². The van der Waals surface area contributed by atoms with Crippen LogP contribution in [-0.4, -0.2) is 69.8 Å². The first-order chi connectivity index (χ1) is 16.7. The highest BCUT2D eigenvalue weighted by atomic mass is 19.4. The van der Waals surface area contributed by atoms with Crippen LogP contribution in [-0.2, 0) is 15.7 Å². The van der Waals surface area contributed by atoms with E-state index in [0.29, 0.717) is 11.3 Å². The third-order valence-electron chi connectivity index (χ3n) is 5.68. The van der Waals surface area contributed by atoms with Gasteiger partial charge in [0, 0.05) is 44.5 Å². The SMILES string of the molecule is COCCNC(=O)C1CN(c2ccc(C#N)c(C(F)(F)F)c2)CCN1C(=O)c1ccc(OC)cc1. The van der Waals surface area contributed by atoms with Gasteiger partial charge in [-0.25, -0.2) is 0 Å². The summed E-state index contributed by atoms with van der Waals surface area (Å²) in [5.74, 6) is -0.255. The zero-order valence-corrected chi connectivity index (χ0v) is 19.3. The molecule has 2 aromatic rings. The van der Waals surface area contributed by atoms with Gasteiger partial charge >= 0.3 is 6.18 Å². The summed E-state index contributed by atoms with van der Waals surface area (Å²) in [6.07, 6.45) is -4.70. The molecule has 0 spiro atoms. The first kappa shape index (κ1) is 25.8. The largest absolute Gasteiger partial charge is 0.497 e. The van der Waals surface area contributed by atoms with E-state index in [-0.39, 0.29) is 44.4 Å². The van der Waals surface area contributed by atoms with Crippen molar-refractivity contribution in [3.63, 3.8) is 0 Å². The number of carbonyl (C=O) groups excluding carboxylic acids is 2. The van der Waals surface area contributed by atoms with Crippen LogP contribution in [0.4, 0.5) is 18.9 Å². The van der Waals surface area contributed by atoms with Crippen molar-refractivity contribution in [1.82, 2.24) is 10.2 Å². The fourth-order valence-corrected chi connectivity index (χ4v) is 3.84. The molecular formula is C24H25F3N4O4. The molecule has 1 unspecified atom stereocenters. The van der Waals surface area contributed by atoms with Crippen LogP contribution in [0.5, 0.6) is 5.75 Å². The van der Waals surface area contributed by atoms with Crippen molar-refractivity contribution in [3.8, 4) is 11.8 Å². The van der Waals surface area contributed by atoms with Crippen molar-refractivity contribution in [2.45, 2.75) is 12.2 Å². The van der Waals surface area contributed by atoms with Crippen LogP contribution in [0.3, 0.4) is 0 Å². The molecule has 1 fully saturated rings. The minimum Gasteiger partial charge on any atom is -0.497 e. The molecule has 0 bridgehead atoms. The number of hydrogen-bond acceptors (Lipinski definition) is 6. The molecule has 0 saturated carbocycles. The fraction of sp³-hybridized carbons (Fsp3) is 0.375. The summed E-state index contributed by atoms with van der Waals surface area (Å²) in [5.41, 5.74) is -0.965. The smallest absolute Gasteiger partial charge is 0.417 e. The number of nitriles is 1. The summed E-state index contributed by atoms with van der Waals surface area (Å²) in [6, 6.07) is 10.5. The van der Waals surface area contributed by atoms with E-state index in [2.05, 4.69) is 5.32 Å². The van der Waals surface area contributed by atoms with Gasteiger partial charge < -0.3 is 24.6 Å². The Morgan fingerprint density at radius 1 is 1.14 bits per heavy atom. The highest BCUT2D eigenvalue weighted by Crippen LogP contribution is 2.35. The Kier molecular flexibility index (Phi) is 8.19. The van der Waals surface area contributed by atoms with Gasteiger partial charge in [-0.05, 0) is 42.5 Å². The molecule has 11 heteroatoms. The zero-order valence-electron chi connectivity index (χ0n) is 19.3. The molecule has 1 N–H and O–H groups in total. The van der Waals surface area contributed by atoms with Crippen molar-refractivity contribution in [2.24, 2.45) is 0 Å². The first-order valence-corrected chi connectivity index (χ1v) is 10.8. The lowest BCUT2D eigenvalue weighted by atomic mass is 10.0. The van der Waals surface area contributed by atoms with Gasteiger partial charge in [-0.3, -0.25) is 9.59 Å². The number of benzene rings is 2. The average molecular weight is 490 g/mol. The Balaban J connectivity index is 1.89. The monoisotopic (exact) mass is 490 g/mol. The van der Waals surface area contributed by atoms with E-state index in [1.54, 1.807) is 35.2 Å². The molecule has 1 aliphatic rings. The molecule has 1 saturated heterocycles. The number of methoxy groups -OCH3 is 2. The predicted molar refractivity (Wildman–Crippen MR) is 121 cm³/mol. The zero-order chi connectivity index (χ0) is 25.6. The van der Waals surface area contributed by atoms with Gasteiger partial charge in [0.1, 0.15) is 11.8 Å². The number of carbonyl (C=O) groups is 2. The third-order valence-corrected chi connectivity index (χ3v) is 5.68. The highest BCUT2D eigenvalue weighted by molar-refractivity contribution is 5.98. The van der Waals surface area contributed by atoms with Gasteiger partial charge in [-0.2, -0.15) is 18.4 Å². The van der Waals surface area contributed by atoms with Crippen molar-refractivity contribution in [2.75, 3.05) is 51.9 Å². The quantitative estimate of drug-likeness (QED) is 0.600. The number of anilines is 1. The van der Waals surface area contributed by atoms with Crippen molar-refractivity contribution in [1.29, 1.82) is 5.26 Å². The summed E-state index contributed by atoms with van der Waals surface area (Å²) >= 11 is 0. The van der Waals surface area contributed by atoms with Gasteiger partial charge in [0.15, 0.2) is 0 Å². The summed E-state index contributed by atoms with van der Waals surface area (Å²) < 4.78 is 50.5. The lowest BCUT2D eigenvalue weighted by Gasteiger charge is -2.41. The third kappa shape index (κ3) is 6.02. The van der Waals surface area contributed by atoms with Crippen molar-refractivity contribution >= 4 is 17.5 Å². The van der Waals surface area contributed by atoms with E-state index in [4.69, 9.17) is 14.7 Å². The number of halogens is 3. The molecule has 8 nitrogen and oxygen atoms in total. The molecule has 2 aromatic carbocycles. The predicted octanol–water partition coefficient (Wildman–Crippen LogP) is 2.68.